The summed E-state index contributed by atoms with van der Waals surface area (Å²) >= 11 is 0. The molecule has 4 heteroatoms. The molecule has 72 valence electrons. The Balaban J connectivity index is 2.54. The smallest absolute Gasteiger partial charge is 0.200 e. The normalized spacial score (nSPS) is 31.8. The highest BCUT2D eigenvalue weighted by atomic mass is 19.3. The van der Waals surface area contributed by atoms with Gasteiger partial charge in [0.15, 0.2) is 0 Å². The number of halogens is 4. The topological polar surface area (TPSA) is 0 Å². The van der Waals surface area contributed by atoms with E-state index in [1.54, 1.807) is 13.8 Å². The van der Waals surface area contributed by atoms with Gasteiger partial charge in [0.2, 0.25) is 0 Å². The molecular formula is C8H12F4. The van der Waals surface area contributed by atoms with E-state index in [0.29, 0.717) is 0 Å². The minimum Gasteiger partial charge on any atom is -0.200 e. The van der Waals surface area contributed by atoms with Crippen molar-refractivity contribution in [1.29, 1.82) is 0 Å². The average Bonchev–Trinajstić information content (AvgIpc) is 1.85. The standard InChI is InChI=1S/C8H12F4/c1-5(2)3-6-4-7(9,10)8(6,11)12/h5-6H,3-4H2,1-2H3. The lowest BCUT2D eigenvalue weighted by Crippen LogP contribution is -2.58. The minimum atomic E-state index is -3.77. The first kappa shape index (κ1) is 9.81. The van der Waals surface area contributed by atoms with Gasteiger partial charge in [-0.1, -0.05) is 13.8 Å². The quantitative estimate of drug-likeness (QED) is 0.577. The van der Waals surface area contributed by atoms with Crippen molar-refractivity contribution in [3.05, 3.63) is 0 Å². The molecule has 0 heterocycles. The van der Waals surface area contributed by atoms with Gasteiger partial charge < -0.3 is 0 Å². The summed E-state index contributed by atoms with van der Waals surface area (Å²) in [6.45, 7) is 3.51. The van der Waals surface area contributed by atoms with Crippen LogP contribution in [0.25, 0.3) is 0 Å². The Morgan fingerprint density at radius 1 is 1.25 bits per heavy atom. The Hall–Kier alpha value is -0.280. The summed E-state index contributed by atoms with van der Waals surface area (Å²) in [7, 11) is 0. The zero-order chi connectivity index (χ0) is 9.57. The van der Waals surface area contributed by atoms with Crippen LogP contribution in [-0.2, 0) is 0 Å². The van der Waals surface area contributed by atoms with Gasteiger partial charge in [-0.05, 0) is 12.3 Å². The van der Waals surface area contributed by atoms with E-state index in [4.69, 9.17) is 0 Å². The van der Waals surface area contributed by atoms with Crippen LogP contribution in [0, 0.1) is 11.8 Å². The number of alkyl halides is 4. The lowest BCUT2D eigenvalue weighted by molar-refractivity contribution is -0.316. The summed E-state index contributed by atoms with van der Waals surface area (Å²) in [6.07, 6.45) is -0.471. The first-order valence-corrected chi connectivity index (χ1v) is 4.03. The second-order valence-corrected chi connectivity index (χ2v) is 3.86. The van der Waals surface area contributed by atoms with E-state index in [0.717, 1.165) is 0 Å². The van der Waals surface area contributed by atoms with Gasteiger partial charge in [0, 0.05) is 12.3 Å². The van der Waals surface area contributed by atoms with Crippen LogP contribution in [0.5, 0.6) is 0 Å². The van der Waals surface area contributed by atoms with E-state index in [1.165, 1.54) is 0 Å². The van der Waals surface area contributed by atoms with Crippen LogP contribution in [0.2, 0.25) is 0 Å². The maximum Gasteiger partial charge on any atom is 0.313 e. The second-order valence-electron chi connectivity index (χ2n) is 3.86. The van der Waals surface area contributed by atoms with Crippen molar-refractivity contribution in [3.8, 4) is 0 Å². The average molecular weight is 184 g/mol. The fourth-order valence-corrected chi connectivity index (χ4v) is 1.54. The fourth-order valence-electron chi connectivity index (χ4n) is 1.54. The van der Waals surface area contributed by atoms with E-state index in [1.807, 2.05) is 0 Å². The van der Waals surface area contributed by atoms with E-state index in [9.17, 15) is 17.6 Å². The number of hydrogen-bond donors (Lipinski definition) is 0. The van der Waals surface area contributed by atoms with Crippen molar-refractivity contribution in [2.75, 3.05) is 0 Å². The molecular weight excluding hydrogens is 172 g/mol. The highest BCUT2D eigenvalue weighted by Gasteiger charge is 2.70. The SMILES string of the molecule is CC(C)CC1CC(F)(F)C1(F)F. The van der Waals surface area contributed by atoms with Crippen LogP contribution in [0.15, 0.2) is 0 Å². The van der Waals surface area contributed by atoms with Gasteiger partial charge in [-0.25, -0.2) is 0 Å². The zero-order valence-corrected chi connectivity index (χ0v) is 7.08. The molecule has 0 bridgehead atoms. The van der Waals surface area contributed by atoms with Crippen molar-refractivity contribution in [2.45, 2.75) is 38.5 Å². The third-order valence-electron chi connectivity index (χ3n) is 2.26. The third kappa shape index (κ3) is 1.31. The molecule has 0 N–H and O–H groups in total. The molecule has 0 aromatic rings. The molecule has 1 aliphatic carbocycles. The second kappa shape index (κ2) is 2.60. The van der Waals surface area contributed by atoms with E-state index in [2.05, 4.69) is 0 Å². The highest BCUT2D eigenvalue weighted by Crippen LogP contribution is 2.57. The van der Waals surface area contributed by atoms with Gasteiger partial charge in [0.05, 0.1) is 0 Å². The summed E-state index contributed by atoms with van der Waals surface area (Å²) in [5.74, 6) is -8.59. The van der Waals surface area contributed by atoms with Gasteiger partial charge in [-0.2, -0.15) is 17.6 Å². The maximum absolute atomic E-state index is 12.6. The molecule has 1 atom stereocenters. The van der Waals surface area contributed by atoms with E-state index < -0.39 is 24.2 Å². The molecule has 0 nitrogen and oxygen atoms in total. The summed E-state index contributed by atoms with van der Waals surface area (Å²) < 4.78 is 49.7. The van der Waals surface area contributed by atoms with Crippen LogP contribution < -0.4 is 0 Å². The summed E-state index contributed by atoms with van der Waals surface area (Å²) in [5, 5.41) is 0. The van der Waals surface area contributed by atoms with E-state index in [-0.39, 0.29) is 12.3 Å². The van der Waals surface area contributed by atoms with Crippen molar-refractivity contribution >= 4 is 0 Å². The van der Waals surface area contributed by atoms with Gasteiger partial charge >= 0.3 is 11.8 Å². The van der Waals surface area contributed by atoms with Gasteiger partial charge in [0.25, 0.3) is 0 Å². The summed E-state index contributed by atoms with van der Waals surface area (Å²) in [6, 6.07) is 0. The maximum atomic E-state index is 12.6. The van der Waals surface area contributed by atoms with E-state index >= 15 is 0 Å². The molecule has 12 heavy (non-hydrogen) atoms. The predicted octanol–water partition coefficient (Wildman–Crippen LogP) is 3.32. The van der Waals surface area contributed by atoms with Crippen LogP contribution >= 0.6 is 0 Å². The summed E-state index contributed by atoms with van der Waals surface area (Å²) in [5.41, 5.74) is 0. The van der Waals surface area contributed by atoms with Crippen LogP contribution in [0.3, 0.4) is 0 Å². The fraction of sp³-hybridized carbons (Fsp3) is 1.00. The third-order valence-corrected chi connectivity index (χ3v) is 2.26. The van der Waals surface area contributed by atoms with Gasteiger partial charge in [-0.15, -0.1) is 0 Å². The molecule has 1 fully saturated rings. The molecule has 1 rings (SSSR count). The van der Waals surface area contributed by atoms with Crippen molar-refractivity contribution in [1.82, 2.24) is 0 Å². The molecule has 0 aromatic carbocycles. The highest BCUT2D eigenvalue weighted by molar-refractivity contribution is 5.03. The monoisotopic (exact) mass is 184 g/mol. The molecule has 0 aromatic heterocycles. The first-order valence-electron chi connectivity index (χ1n) is 4.03. The molecule has 1 saturated carbocycles. The Kier molecular flexibility index (Phi) is 2.13. The van der Waals surface area contributed by atoms with Crippen molar-refractivity contribution in [3.63, 3.8) is 0 Å². The molecule has 1 unspecified atom stereocenters. The Labute approximate surface area is 69.0 Å². The zero-order valence-electron chi connectivity index (χ0n) is 7.08. The Morgan fingerprint density at radius 3 is 2.00 bits per heavy atom. The molecule has 1 aliphatic rings. The van der Waals surface area contributed by atoms with Crippen LogP contribution in [-0.4, -0.2) is 11.8 Å². The Morgan fingerprint density at radius 2 is 1.75 bits per heavy atom. The van der Waals surface area contributed by atoms with Gasteiger partial charge in [0.1, 0.15) is 0 Å². The predicted molar refractivity (Wildman–Crippen MR) is 37.5 cm³/mol. The first-order chi connectivity index (χ1) is 5.27. The molecule has 0 radical (unpaired) electrons. The molecule has 0 aliphatic heterocycles. The van der Waals surface area contributed by atoms with Crippen molar-refractivity contribution < 1.29 is 17.6 Å². The number of rotatable bonds is 2. The molecule has 0 saturated heterocycles. The largest absolute Gasteiger partial charge is 0.313 e. The van der Waals surface area contributed by atoms with Crippen LogP contribution in [0.4, 0.5) is 17.6 Å². The van der Waals surface area contributed by atoms with Gasteiger partial charge in [-0.3, -0.25) is 0 Å². The molecule has 0 amide bonds. The lowest BCUT2D eigenvalue weighted by atomic mass is 9.72. The van der Waals surface area contributed by atoms with Crippen LogP contribution in [0.1, 0.15) is 26.7 Å². The summed E-state index contributed by atoms with van der Waals surface area (Å²) in [4.78, 5) is 0. The lowest BCUT2D eigenvalue weighted by Gasteiger charge is -2.44. The Bertz CT molecular complexity index is 172. The molecule has 0 spiro atoms. The van der Waals surface area contributed by atoms with Crippen molar-refractivity contribution in [2.24, 2.45) is 11.8 Å². The minimum absolute atomic E-state index is 0.0528. The number of hydrogen-bond acceptors (Lipinski definition) is 0.